The molecule has 4 rings (SSSR count). The van der Waals surface area contributed by atoms with Crippen molar-refractivity contribution in [2.24, 2.45) is 0 Å². The smallest absolute Gasteiger partial charge is 1.00 e. The van der Waals surface area contributed by atoms with Crippen LogP contribution in [-0.4, -0.2) is 8.07 Å². The molecule has 0 saturated heterocycles. The molecule has 2 aromatic rings. The predicted octanol–water partition coefficient (Wildman–Crippen LogP) is 2.29. The maximum atomic E-state index is 2.64. The monoisotopic (exact) mass is 558 g/mol. The predicted molar refractivity (Wildman–Crippen MR) is 131 cm³/mol. The summed E-state index contributed by atoms with van der Waals surface area (Å²) >= 11 is 0. The third-order valence-electron chi connectivity index (χ3n) is 7.15. The third-order valence-corrected chi connectivity index (χ3v) is 11.8. The summed E-state index contributed by atoms with van der Waals surface area (Å²) in [6, 6.07) is 18.0. The quantitative estimate of drug-likeness (QED) is 0.344. The Morgan fingerprint density at radius 1 is 0.719 bits per heavy atom. The molecule has 4 heteroatoms. The van der Waals surface area contributed by atoms with E-state index in [0.29, 0.717) is 22.9 Å². The van der Waals surface area contributed by atoms with Crippen LogP contribution in [-0.2, 0) is 26.2 Å². The molecule has 4 unspecified atom stereocenters. The number of benzene rings is 2. The Labute approximate surface area is 228 Å². The number of halogens is 2. The summed E-state index contributed by atoms with van der Waals surface area (Å²) in [5.74, 6) is 1.06. The fraction of sp³-hybridized carbons (Fsp3) is 0.357. The number of hydrogen-bond donors (Lipinski definition) is 0. The molecule has 0 aliphatic heterocycles. The molecule has 0 spiro atoms. The van der Waals surface area contributed by atoms with Gasteiger partial charge in [-0.3, -0.25) is 0 Å². The molecule has 0 bridgehead atoms. The van der Waals surface area contributed by atoms with E-state index in [1.807, 2.05) is 0 Å². The summed E-state index contributed by atoms with van der Waals surface area (Å²) in [5, 5.41) is 0. The summed E-state index contributed by atoms with van der Waals surface area (Å²) < 4.78 is 0. The molecule has 0 saturated carbocycles. The molecule has 0 fully saturated rings. The Balaban J connectivity index is 0.00000171. The number of hydrogen-bond acceptors (Lipinski definition) is 0. The van der Waals surface area contributed by atoms with Gasteiger partial charge >= 0.3 is 26.2 Å². The van der Waals surface area contributed by atoms with Gasteiger partial charge in [-0.05, 0) is 42.2 Å². The van der Waals surface area contributed by atoms with Gasteiger partial charge in [0.25, 0.3) is 0 Å². The van der Waals surface area contributed by atoms with Gasteiger partial charge < -0.3 is 37.7 Å². The first-order valence-electron chi connectivity index (χ1n) is 11.3. The average Bonchev–Trinajstić information content (AvgIpc) is 3.34. The molecular formula is C28H34Cl2SiZr. The molecule has 2 aromatic carbocycles. The van der Waals surface area contributed by atoms with Crippen molar-refractivity contribution in [1.82, 2.24) is 0 Å². The number of rotatable bonds is 8. The van der Waals surface area contributed by atoms with Gasteiger partial charge in [0.05, 0.1) is 0 Å². The zero-order valence-corrected chi connectivity index (χ0v) is 24.5. The molecule has 0 aromatic heterocycles. The first-order chi connectivity index (χ1) is 14.1. The summed E-state index contributed by atoms with van der Waals surface area (Å²) in [6.07, 6.45) is 17.2. The van der Waals surface area contributed by atoms with Gasteiger partial charge in [-0.15, -0.1) is 0 Å². The number of fused-ring (bicyclic) bond motifs is 2. The molecule has 0 heterocycles. The standard InChI is InChI=1S/C28H34Si.2ClH.Zr/c1-5-11-27(25-19-17-21-13-7-9-15-23(21)25)29(3,4)28(12-6-2)26-20-18-22-14-8-10-16-24(22)26;;;/h7-20,25-28H,5-6H2,1-4H3;2*1H;/q-2;;;+4/p-2. The van der Waals surface area contributed by atoms with Crippen molar-refractivity contribution in [3.8, 4) is 0 Å². The summed E-state index contributed by atoms with van der Waals surface area (Å²) in [7, 11) is -1.68. The Kier molecular flexibility index (Phi) is 11.9. The van der Waals surface area contributed by atoms with E-state index in [2.05, 4.69) is 113 Å². The van der Waals surface area contributed by atoms with Gasteiger partial charge in [-0.1, -0.05) is 99.8 Å². The molecule has 4 atom stereocenters. The minimum Gasteiger partial charge on any atom is -1.00 e. The molecule has 0 radical (unpaired) electrons. The Hall–Kier alpha value is -0.400. The first kappa shape index (κ1) is 29.6. The zero-order chi connectivity index (χ0) is 20.4. The fourth-order valence-corrected chi connectivity index (χ4v) is 10.3. The maximum Gasteiger partial charge on any atom is 4.00 e. The van der Waals surface area contributed by atoms with Crippen molar-refractivity contribution in [2.45, 2.75) is 62.7 Å². The first-order valence-corrected chi connectivity index (χ1v) is 14.4. The van der Waals surface area contributed by atoms with Crippen molar-refractivity contribution in [2.75, 3.05) is 0 Å². The summed E-state index contributed by atoms with van der Waals surface area (Å²) in [5.41, 5.74) is 7.17. The molecule has 2 aliphatic carbocycles. The van der Waals surface area contributed by atoms with Crippen LogP contribution in [0.2, 0.25) is 24.2 Å². The van der Waals surface area contributed by atoms with E-state index in [4.69, 9.17) is 0 Å². The molecule has 32 heavy (non-hydrogen) atoms. The average molecular weight is 561 g/mol. The molecule has 168 valence electrons. The van der Waals surface area contributed by atoms with Crippen molar-refractivity contribution in [1.29, 1.82) is 0 Å². The second-order valence-corrected chi connectivity index (χ2v) is 14.2. The van der Waals surface area contributed by atoms with Gasteiger partial charge in [-0.2, -0.15) is 23.9 Å². The van der Waals surface area contributed by atoms with Crippen LogP contribution in [0, 0.1) is 12.8 Å². The van der Waals surface area contributed by atoms with Gasteiger partial charge in [0.2, 0.25) is 0 Å². The van der Waals surface area contributed by atoms with E-state index in [1.54, 1.807) is 0 Å². The van der Waals surface area contributed by atoms with Crippen molar-refractivity contribution in [3.05, 3.63) is 95.8 Å². The van der Waals surface area contributed by atoms with Gasteiger partial charge in [0.15, 0.2) is 0 Å². The molecular weight excluding hydrogens is 527 g/mol. The minimum atomic E-state index is -1.68. The van der Waals surface area contributed by atoms with Crippen LogP contribution < -0.4 is 24.8 Å². The Morgan fingerprint density at radius 3 is 1.47 bits per heavy atom. The second kappa shape index (κ2) is 12.9. The molecule has 2 aliphatic rings. The van der Waals surface area contributed by atoms with Crippen LogP contribution in [0.1, 0.15) is 60.8 Å². The molecule has 0 amide bonds. The summed E-state index contributed by atoms with van der Waals surface area (Å²) in [4.78, 5) is 0. The number of allylic oxidation sites excluding steroid dienone is 2. The third kappa shape index (κ3) is 5.63. The minimum absolute atomic E-state index is 0. The van der Waals surface area contributed by atoms with Crippen LogP contribution >= 0.6 is 0 Å². The van der Waals surface area contributed by atoms with Crippen LogP contribution in [0.4, 0.5) is 0 Å². The van der Waals surface area contributed by atoms with E-state index < -0.39 is 8.07 Å². The van der Waals surface area contributed by atoms with Gasteiger partial charge in [0.1, 0.15) is 0 Å². The fourth-order valence-electron chi connectivity index (χ4n) is 5.74. The van der Waals surface area contributed by atoms with Crippen LogP contribution in [0.5, 0.6) is 0 Å². The van der Waals surface area contributed by atoms with Crippen molar-refractivity contribution >= 4 is 20.2 Å². The van der Waals surface area contributed by atoms with Crippen LogP contribution in [0.15, 0.2) is 60.7 Å². The van der Waals surface area contributed by atoms with Crippen molar-refractivity contribution in [3.63, 3.8) is 0 Å². The van der Waals surface area contributed by atoms with Crippen molar-refractivity contribution < 1.29 is 51.0 Å². The summed E-state index contributed by atoms with van der Waals surface area (Å²) in [6.45, 7) is 9.91. The van der Waals surface area contributed by atoms with E-state index >= 15 is 0 Å². The van der Waals surface area contributed by atoms with Gasteiger partial charge in [0, 0.05) is 0 Å². The maximum absolute atomic E-state index is 2.64. The van der Waals surface area contributed by atoms with E-state index in [9.17, 15) is 0 Å². The Morgan fingerprint density at radius 2 is 1.09 bits per heavy atom. The van der Waals surface area contributed by atoms with E-state index in [1.165, 1.54) is 22.3 Å². The van der Waals surface area contributed by atoms with E-state index in [0.717, 1.165) is 12.8 Å². The molecule has 0 nitrogen and oxygen atoms in total. The molecule has 0 N–H and O–H groups in total. The largest absolute Gasteiger partial charge is 4.00 e. The normalized spacial score (nSPS) is 19.8. The van der Waals surface area contributed by atoms with Crippen LogP contribution in [0.25, 0.3) is 12.2 Å². The second-order valence-electron chi connectivity index (χ2n) is 9.19. The Bertz CT molecular complexity index is 848. The van der Waals surface area contributed by atoms with Crippen LogP contribution in [0.3, 0.4) is 0 Å². The topological polar surface area (TPSA) is 0 Å². The van der Waals surface area contributed by atoms with E-state index in [-0.39, 0.29) is 51.0 Å². The van der Waals surface area contributed by atoms with Gasteiger partial charge in [-0.25, -0.2) is 0 Å². The zero-order valence-electron chi connectivity index (χ0n) is 19.6. The SMILES string of the molecule is CC[CH-]C(C1C=Cc2ccccc21)[Si](C)(C)C([CH-]CC)C1C=Cc2ccccc21.[Cl-].[Cl-].[Zr+4].